The number of aromatic nitrogens is 1. The summed E-state index contributed by atoms with van der Waals surface area (Å²) in [4.78, 5) is 3.84. The van der Waals surface area contributed by atoms with Crippen LogP contribution in [0, 0.1) is 0 Å². The summed E-state index contributed by atoms with van der Waals surface area (Å²) in [6.45, 7) is 7.54. The highest BCUT2D eigenvalue weighted by molar-refractivity contribution is 7.89. The van der Waals surface area contributed by atoms with Gasteiger partial charge in [-0.25, -0.2) is 13.4 Å². The van der Waals surface area contributed by atoms with Gasteiger partial charge < -0.3 is 0 Å². The molecule has 0 amide bonds. The normalized spacial score (nSPS) is 11.3. The van der Waals surface area contributed by atoms with Gasteiger partial charge in [-0.2, -0.15) is 4.31 Å². The fourth-order valence-electron chi connectivity index (χ4n) is 1.19. The Bertz CT molecular complexity index is 444. The zero-order valence-corrected chi connectivity index (χ0v) is 9.73. The lowest BCUT2D eigenvalue weighted by atomic mass is 10.5. The largest absolute Gasteiger partial charge is 0.261 e. The lowest BCUT2D eigenvalue weighted by Crippen LogP contribution is -2.31. The van der Waals surface area contributed by atoms with Crippen molar-refractivity contribution in [3.8, 4) is 0 Å². The zero-order chi connectivity index (χ0) is 12.0. The Hall–Kier alpha value is -1.46. The van der Waals surface area contributed by atoms with Crippen LogP contribution < -0.4 is 0 Å². The molecule has 0 aliphatic rings. The quantitative estimate of drug-likeness (QED) is 0.705. The fourth-order valence-corrected chi connectivity index (χ4v) is 2.50. The molecule has 0 aliphatic heterocycles. The molecule has 0 N–H and O–H groups in total. The Balaban J connectivity index is 3.07. The van der Waals surface area contributed by atoms with Crippen molar-refractivity contribution in [2.45, 2.75) is 5.03 Å². The maximum atomic E-state index is 12.1. The van der Waals surface area contributed by atoms with Gasteiger partial charge in [0.1, 0.15) is 0 Å². The summed E-state index contributed by atoms with van der Waals surface area (Å²) in [5.74, 6) is 0. The van der Waals surface area contributed by atoms with Gasteiger partial charge in [-0.15, -0.1) is 13.2 Å². The molecule has 0 aliphatic carbocycles. The van der Waals surface area contributed by atoms with Crippen molar-refractivity contribution in [2.75, 3.05) is 13.1 Å². The number of hydrogen-bond acceptors (Lipinski definition) is 3. The average molecular weight is 238 g/mol. The standard InChI is InChI=1S/C11H14N2O2S/c1-3-9-13(10-4-2)16(14,15)11-7-5-6-8-12-11/h3-8H,1-2,9-10H2. The Labute approximate surface area is 96.0 Å². The lowest BCUT2D eigenvalue weighted by molar-refractivity contribution is 0.471. The molecule has 0 fully saturated rings. The van der Waals surface area contributed by atoms with Crippen LogP contribution in [0.1, 0.15) is 0 Å². The van der Waals surface area contributed by atoms with Crippen molar-refractivity contribution >= 4 is 10.0 Å². The molecule has 86 valence electrons. The number of sulfonamides is 1. The second-order valence-corrected chi connectivity index (χ2v) is 4.95. The number of hydrogen-bond donors (Lipinski definition) is 0. The van der Waals surface area contributed by atoms with Crippen molar-refractivity contribution in [3.63, 3.8) is 0 Å². The van der Waals surface area contributed by atoms with Crippen LogP contribution >= 0.6 is 0 Å². The third-order valence-electron chi connectivity index (χ3n) is 1.91. The summed E-state index contributed by atoms with van der Waals surface area (Å²) in [6, 6.07) is 4.78. The molecule has 0 radical (unpaired) electrons. The van der Waals surface area contributed by atoms with Crippen molar-refractivity contribution in [3.05, 3.63) is 49.7 Å². The highest BCUT2D eigenvalue weighted by Crippen LogP contribution is 2.12. The molecule has 0 unspecified atom stereocenters. The third kappa shape index (κ3) is 2.77. The predicted octanol–water partition coefficient (Wildman–Crippen LogP) is 1.44. The molecule has 1 rings (SSSR count). The van der Waals surface area contributed by atoms with Crippen LogP contribution in [0.3, 0.4) is 0 Å². The van der Waals surface area contributed by atoms with Gasteiger partial charge >= 0.3 is 0 Å². The summed E-state index contributed by atoms with van der Waals surface area (Å²) in [5, 5.41) is 0.0405. The van der Waals surface area contributed by atoms with Crippen LogP contribution in [-0.4, -0.2) is 30.8 Å². The minimum atomic E-state index is -3.55. The van der Waals surface area contributed by atoms with Crippen LogP contribution in [0.4, 0.5) is 0 Å². The van der Waals surface area contributed by atoms with E-state index in [1.54, 1.807) is 12.1 Å². The van der Waals surface area contributed by atoms with E-state index in [-0.39, 0.29) is 18.1 Å². The summed E-state index contributed by atoms with van der Waals surface area (Å²) >= 11 is 0. The van der Waals surface area contributed by atoms with Crippen molar-refractivity contribution in [1.29, 1.82) is 0 Å². The van der Waals surface area contributed by atoms with Gasteiger partial charge in [0, 0.05) is 19.3 Å². The van der Waals surface area contributed by atoms with E-state index in [2.05, 4.69) is 18.1 Å². The smallest absolute Gasteiger partial charge is 0.243 e. The van der Waals surface area contributed by atoms with Gasteiger partial charge in [0.15, 0.2) is 5.03 Å². The van der Waals surface area contributed by atoms with Crippen LogP contribution in [-0.2, 0) is 10.0 Å². The number of rotatable bonds is 6. The number of pyridine rings is 1. The van der Waals surface area contributed by atoms with E-state index in [1.165, 1.54) is 28.7 Å². The summed E-state index contributed by atoms with van der Waals surface area (Å²) in [5.41, 5.74) is 0. The summed E-state index contributed by atoms with van der Waals surface area (Å²) < 4.78 is 25.4. The van der Waals surface area contributed by atoms with Gasteiger partial charge in [0.2, 0.25) is 0 Å². The van der Waals surface area contributed by atoms with E-state index in [4.69, 9.17) is 0 Å². The molecule has 16 heavy (non-hydrogen) atoms. The molecule has 1 aromatic rings. The average Bonchev–Trinajstić information content (AvgIpc) is 2.30. The summed E-state index contributed by atoms with van der Waals surface area (Å²) in [6.07, 6.45) is 4.51. The molecular formula is C11H14N2O2S. The highest BCUT2D eigenvalue weighted by Gasteiger charge is 2.23. The molecule has 0 bridgehead atoms. The Morgan fingerprint density at radius 1 is 1.25 bits per heavy atom. The van der Waals surface area contributed by atoms with E-state index in [0.717, 1.165) is 0 Å². The minimum Gasteiger partial charge on any atom is -0.243 e. The minimum absolute atomic E-state index is 0.0405. The Morgan fingerprint density at radius 2 is 1.88 bits per heavy atom. The molecule has 1 aromatic heterocycles. The van der Waals surface area contributed by atoms with Crippen molar-refractivity contribution in [2.24, 2.45) is 0 Å². The monoisotopic (exact) mass is 238 g/mol. The van der Waals surface area contributed by atoms with Crippen LogP contribution in [0.2, 0.25) is 0 Å². The molecule has 5 heteroatoms. The highest BCUT2D eigenvalue weighted by atomic mass is 32.2. The predicted molar refractivity (Wildman–Crippen MR) is 63.4 cm³/mol. The van der Waals surface area contributed by atoms with Gasteiger partial charge in [-0.1, -0.05) is 18.2 Å². The Morgan fingerprint density at radius 3 is 2.31 bits per heavy atom. The first-order chi connectivity index (χ1) is 7.62. The van der Waals surface area contributed by atoms with Crippen molar-refractivity contribution < 1.29 is 8.42 Å². The molecular weight excluding hydrogens is 224 g/mol. The maximum absolute atomic E-state index is 12.1. The van der Waals surface area contributed by atoms with Crippen LogP contribution in [0.25, 0.3) is 0 Å². The first-order valence-corrected chi connectivity index (χ1v) is 6.20. The van der Waals surface area contributed by atoms with E-state index in [9.17, 15) is 8.42 Å². The fraction of sp³-hybridized carbons (Fsp3) is 0.182. The second-order valence-electron chi connectivity index (χ2n) is 3.07. The van der Waals surface area contributed by atoms with Gasteiger partial charge in [-0.05, 0) is 12.1 Å². The third-order valence-corrected chi connectivity index (χ3v) is 3.66. The molecule has 4 nitrogen and oxygen atoms in total. The van der Waals surface area contributed by atoms with Gasteiger partial charge in [0.05, 0.1) is 0 Å². The van der Waals surface area contributed by atoms with E-state index in [1.807, 2.05) is 0 Å². The van der Waals surface area contributed by atoms with E-state index < -0.39 is 10.0 Å². The molecule has 0 aromatic carbocycles. The van der Waals surface area contributed by atoms with E-state index in [0.29, 0.717) is 0 Å². The van der Waals surface area contributed by atoms with Gasteiger partial charge in [0.25, 0.3) is 10.0 Å². The summed E-state index contributed by atoms with van der Waals surface area (Å²) in [7, 11) is -3.55. The Kier molecular flexibility index (Phi) is 4.39. The molecule has 0 atom stereocenters. The lowest BCUT2D eigenvalue weighted by Gasteiger charge is -2.17. The molecule has 0 saturated heterocycles. The number of nitrogens with zero attached hydrogens (tertiary/aromatic N) is 2. The maximum Gasteiger partial charge on any atom is 0.261 e. The van der Waals surface area contributed by atoms with Gasteiger partial charge in [-0.3, -0.25) is 0 Å². The zero-order valence-electron chi connectivity index (χ0n) is 8.91. The van der Waals surface area contributed by atoms with Crippen LogP contribution in [0.5, 0.6) is 0 Å². The topological polar surface area (TPSA) is 50.3 Å². The second kappa shape index (κ2) is 5.58. The molecule has 0 saturated carbocycles. The first kappa shape index (κ1) is 12.6. The molecule has 0 spiro atoms. The van der Waals surface area contributed by atoms with Crippen molar-refractivity contribution in [1.82, 2.24) is 9.29 Å². The first-order valence-electron chi connectivity index (χ1n) is 4.76. The SMILES string of the molecule is C=CCN(CC=C)S(=O)(=O)c1ccccn1. The van der Waals surface area contributed by atoms with Crippen LogP contribution in [0.15, 0.2) is 54.7 Å². The molecule has 1 heterocycles. The van der Waals surface area contributed by atoms with E-state index >= 15 is 0 Å².